The topological polar surface area (TPSA) is 87.0 Å². The van der Waals surface area contributed by atoms with E-state index in [-0.39, 0.29) is 12.2 Å². The molecule has 0 aliphatic carbocycles. The first kappa shape index (κ1) is 15.7. The number of benzene rings is 2. The van der Waals surface area contributed by atoms with E-state index in [2.05, 4.69) is 13.8 Å². The second-order valence-electron chi connectivity index (χ2n) is 5.34. The summed E-state index contributed by atoms with van der Waals surface area (Å²) >= 11 is 0. The Kier molecular flexibility index (Phi) is 4.56. The largest absolute Gasteiger partial charge is 0.504 e. The predicted octanol–water partition coefficient (Wildman–Crippen LogP) is 3.28. The molecule has 0 saturated heterocycles. The molecular weight excluding hydrogens is 284 g/mol. The number of carbonyl (C=O) groups excluding carboxylic acids is 1. The molecule has 2 aromatic carbocycles. The third-order valence-corrected chi connectivity index (χ3v) is 3.32. The van der Waals surface area contributed by atoms with Gasteiger partial charge in [0, 0.05) is 0 Å². The quantitative estimate of drug-likeness (QED) is 0.596. The molecule has 0 amide bonds. The summed E-state index contributed by atoms with van der Waals surface area (Å²) in [6.07, 6.45) is 0. The van der Waals surface area contributed by atoms with E-state index in [0.717, 1.165) is 17.7 Å². The van der Waals surface area contributed by atoms with Crippen LogP contribution in [0.15, 0.2) is 36.4 Å². The molecule has 0 atom stereocenters. The van der Waals surface area contributed by atoms with Crippen LogP contribution < -0.4 is 0 Å². The number of phenols is 3. The number of carbonyl (C=O) groups is 1. The lowest BCUT2D eigenvalue weighted by molar-refractivity contribution is 0.0471. The predicted molar refractivity (Wildman–Crippen MR) is 81.1 cm³/mol. The van der Waals surface area contributed by atoms with Gasteiger partial charge in [-0.3, -0.25) is 0 Å². The van der Waals surface area contributed by atoms with Crippen molar-refractivity contribution in [2.24, 2.45) is 0 Å². The zero-order chi connectivity index (χ0) is 16.3. The highest BCUT2D eigenvalue weighted by Gasteiger charge is 2.14. The summed E-state index contributed by atoms with van der Waals surface area (Å²) in [5.74, 6) is -2.08. The van der Waals surface area contributed by atoms with Gasteiger partial charge in [-0.05, 0) is 29.2 Å². The van der Waals surface area contributed by atoms with Crippen molar-refractivity contribution in [2.75, 3.05) is 0 Å². The molecular formula is C17H18O5. The highest BCUT2D eigenvalue weighted by molar-refractivity contribution is 5.91. The number of phenolic OH excluding ortho intramolecular Hbond substituents is 3. The average molecular weight is 302 g/mol. The second kappa shape index (κ2) is 6.39. The van der Waals surface area contributed by atoms with E-state index in [1.54, 1.807) is 0 Å². The van der Waals surface area contributed by atoms with Gasteiger partial charge >= 0.3 is 5.97 Å². The van der Waals surface area contributed by atoms with Crippen molar-refractivity contribution in [1.82, 2.24) is 0 Å². The van der Waals surface area contributed by atoms with Crippen molar-refractivity contribution in [1.29, 1.82) is 0 Å². The van der Waals surface area contributed by atoms with Crippen molar-refractivity contribution >= 4 is 5.97 Å². The minimum absolute atomic E-state index is 0.0356. The third kappa shape index (κ3) is 3.49. The Bertz CT molecular complexity index is 651. The maximum Gasteiger partial charge on any atom is 0.338 e. The molecule has 5 heteroatoms. The highest BCUT2D eigenvalue weighted by atomic mass is 16.5. The van der Waals surface area contributed by atoms with Crippen LogP contribution in [0.2, 0.25) is 0 Å². The monoisotopic (exact) mass is 302 g/mol. The molecule has 0 spiro atoms. The molecule has 0 aromatic heterocycles. The summed E-state index contributed by atoms with van der Waals surface area (Å²) in [6, 6.07) is 9.80. The fourth-order valence-electron chi connectivity index (χ4n) is 1.95. The van der Waals surface area contributed by atoms with Crippen LogP contribution in [0.1, 0.15) is 41.3 Å². The van der Waals surface area contributed by atoms with Crippen LogP contribution in [0.3, 0.4) is 0 Å². The number of hydrogen-bond donors (Lipinski definition) is 3. The van der Waals surface area contributed by atoms with Crippen LogP contribution in [0.25, 0.3) is 0 Å². The molecule has 5 nitrogen and oxygen atoms in total. The molecule has 0 radical (unpaired) electrons. The smallest absolute Gasteiger partial charge is 0.338 e. The van der Waals surface area contributed by atoms with Gasteiger partial charge in [0.15, 0.2) is 17.2 Å². The molecule has 0 unspecified atom stereocenters. The summed E-state index contributed by atoms with van der Waals surface area (Å²) in [6.45, 7) is 4.28. The standard InChI is InChI=1S/C17H18O5/c1-10(2)12-5-3-11(4-6-12)9-22-17(21)13-7-14(18)16(20)15(19)8-13/h3-8,10,18-20H,9H2,1-2H3. The number of aromatic hydroxyl groups is 3. The first-order chi connectivity index (χ1) is 10.4. The molecule has 0 saturated carbocycles. The summed E-state index contributed by atoms with van der Waals surface area (Å²) in [4.78, 5) is 11.9. The minimum atomic E-state index is -0.696. The van der Waals surface area contributed by atoms with Gasteiger partial charge in [-0.15, -0.1) is 0 Å². The average Bonchev–Trinajstić information content (AvgIpc) is 2.50. The molecule has 22 heavy (non-hydrogen) atoms. The van der Waals surface area contributed by atoms with Crippen LogP contribution in [-0.4, -0.2) is 21.3 Å². The zero-order valence-electron chi connectivity index (χ0n) is 12.4. The lowest BCUT2D eigenvalue weighted by Crippen LogP contribution is -2.05. The Labute approximate surface area is 128 Å². The molecule has 0 aliphatic rings. The fraction of sp³-hybridized carbons (Fsp3) is 0.235. The van der Waals surface area contributed by atoms with Gasteiger partial charge in [0.05, 0.1) is 5.56 Å². The van der Waals surface area contributed by atoms with Gasteiger partial charge in [-0.1, -0.05) is 38.1 Å². The van der Waals surface area contributed by atoms with E-state index in [0.29, 0.717) is 5.92 Å². The van der Waals surface area contributed by atoms with Crippen molar-refractivity contribution in [3.8, 4) is 17.2 Å². The van der Waals surface area contributed by atoms with Crippen LogP contribution in [0, 0.1) is 0 Å². The summed E-state index contributed by atoms with van der Waals surface area (Å²) in [5.41, 5.74) is 2.00. The van der Waals surface area contributed by atoms with Crippen LogP contribution in [-0.2, 0) is 11.3 Å². The van der Waals surface area contributed by atoms with E-state index >= 15 is 0 Å². The van der Waals surface area contributed by atoms with Crippen LogP contribution in [0.5, 0.6) is 17.2 Å². The molecule has 0 heterocycles. The molecule has 0 aliphatic heterocycles. The van der Waals surface area contributed by atoms with Gasteiger partial charge in [0.2, 0.25) is 0 Å². The molecule has 116 valence electrons. The first-order valence-corrected chi connectivity index (χ1v) is 6.89. The molecule has 3 N–H and O–H groups in total. The normalized spacial score (nSPS) is 10.7. The summed E-state index contributed by atoms with van der Waals surface area (Å²) < 4.78 is 5.12. The van der Waals surface area contributed by atoms with Gasteiger partial charge in [0.1, 0.15) is 6.61 Å². The minimum Gasteiger partial charge on any atom is -0.504 e. The van der Waals surface area contributed by atoms with Gasteiger partial charge in [-0.2, -0.15) is 0 Å². The van der Waals surface area contributed by atoms with Crippen LogP contribution >= 0.6 is 0 Å². The molecule has 0 bridgehead atoms. The highest BCUT2D eigenvalue weighted by Crippen LogP contribution is 2.35. The van der Waals surface area contributed by atoms with Crippen molar-refractivity contribution in [2.45, 2.75) is 26.4 Å². The summed E-state index contributed by atoms with van der Waals surface area (Å²) in [7, 11) is 0. The van der Waals surface area contributed by atoms with Crippen molar-refractivity contribution in [3.63, 3.8) is 0 Å². The number of ether oxygens (including phenoxy) is 1. The Hall–Kier alpha value is -2.69. The summed E-state index contributed by atoms with van der Waals surface area (Å²) in [5, 5.41) is 28.0. The Morgan fingerprint density at radius 2 is 1.59 bits per heavy atom. The molecule has 2 rings (SSSR count). The number of hydrogen-bond acceptors (Lipinski definition) is 5. The Morgan fingerprint density at radius 1 is 1.05 bits per heavy atom. The lowest BCUT2D eigenvalue weighted by Gasteiger charge is -2.09. The lowest BCUT2D eigenvalue weighted by atomic mass is 10.0. The Balaban J connectivity index is 2.03. The van der Waals surface area contributed by atoms with E-state index < -0.39 is 23.2 Å². The first-order valence-electron chi connectivity index (χ1n) is 6.89. The fourth-order valence-corrected chi connectivity index (χ4v) is 1.95. The maximum absolute atomic E-state index is 11.9. The van der Waals surface area contributed by atoms with Crippen molar-refractivity contribution in [3.05, 3.63) is 53.1 Å². The number of rotatable bonds is 4. The maximum atomic E-state index is 11.9. The molecule has 0 fully saturated rings. The second-order valence-corrected chi connectivity index (χ2v) is 5.34. The Morgan fingerprint density at radius 3 is 2.09 bits per heavy atom. The molecule has 2 aromatic rings. The van der Waals surface area contributed by atoms with E-state index in [1.165, 1.54) is 5.56 Å². The van der Waals surface area contributed by atoms with Crippen molar-refractivity contribution < 1.29 is 24.9 Å². The van der Waals surface area contributed by atoms with E-state index in [4.69, 9.17) is 4.74 Å². The SMILES string of the molecule is CC(C)c1ccc(COC(=O)c2cc(O)c(O)c(O)c2)cc1. The zero-order valence-corrected chi connectivity index (χ0v) is 12.4. The van der Waals surface area contributed by atoms with Gasteiger partial charge < -0.3 is 20.1 Å². The number of esters is 1. The van der Waals surface area contributed by atoms with E-state index in [9.17, 15) is 20.1 Å². The third-order valence-electron chi connectivity index (χ3n) is 3.32. The van der Waals surface area contributed by atoms with Gasteiger partial charge in [0.25, 0.3) is 0 Å². The van der Waals surface area contributed by atoms with Gasteiger partial charge in [-0.25, -0.2) is 4.79 Å². The van der Waals surface area contributed by atoms with Crippen LogP contribution in [0.4, 0.5) is 0 Å². The van der Waals surface area contributed by atoms with E-state index in [1.807, 2.05) is 24.3 Å².